The van der Waals surface area contributed by atoms with Crippen molar-refractivity contribution >= 4 is 11.3 Å². The van der Waals surface area contributed by atoms with Gasteiger partial charge in [-0.05, 0) is 36.8 Å². The number of hydrogen-bond donors (Lipinski definition) is 1. The van der Waals surface area contributed by atoms with Crippen LogP contribution in [0.25, 0.3) is 0 Å². The Kier molecular flexibility index (Phi) is 2.91. The summed E-state index contributed by atoms with van der Waals surface area (Å²) in [6.07, 6.45) is 3.24. The van der Waals surface area contributed by atoms with Gasteiger partial charge in [0.1, 0.15) is 0 Å². The molecule has 2 nitrogen and oxygen atoms in total. The van der Waals surface area contributed by atoms with Gasteiger partial charge in [0, 0.05) is 24.4 Å². The average molecular weight is 211 g/mol. The van der Waals surface area contributed by atoms with Crippen LogP contribution in [0.15, 0.2) is 11.4 Å². The van der Waals surface area contributed by atoms with Crippen molar-refractivity contribution in [2.45, 2.75) is 31.8 Å². The van der Waals surface area contributed by atoms with Crippen LogP contribution in [-0.2, 0) is 11.2 Å². The largest absolute Gasteiger partial charge is 0.373 e. The van der Waals surface area contributed by atoms with E-state index in [0.29, 0.717) is 6.54 Å². The second-order valence-electron chi connectivity index (χ2n) is 4.08. The van der Waals surface area contributed by atoms with Crippen LogP contribution in [-0.4, -0.2) is 18.8 Å². The molecule has 0 bridgehead atoms. The van der Waals surface area contributed by atoms with Gasteiger partial charge in [-0.1, -0.05) is 0 Å². The van der Waals surface area contributed by atoms with E-state index >= 15 is 0 Å². The number of hydrogen-bond acceptors (Lipinski definition) is 3. The van der Waals surface area contributed by atoms with E-state index in [-0.39, 0.29) is 5.60 Å². The van der Waals surface area contributed by atoms with Crippen molar-refractivity contribution in [2.24, 2.45) is 5.73 Å². The van der Waals surface area contributed by atoms with E-state index in [9.17, 15) is 0 Å². The van der Waals surface area contributed by atoms with Crippen LogP contribution >= 0.6 is 11.3 Å². The van der Waals surface area contributed by atoms with E-state index in [1.807, 2.05) is 0 Å². The molecule has 2 heterocycles. The summed E-state index contributed by atoms with van der Waals surface area (Å²) in [5.41, 5.74) is 7.11. The molecular weight excluding hydrogens is 194 g/mol. The van der Waals surface area contributed by atoms with Gasteiger partial charge in [-0.25, -0.2) is 0 Å². The summed E-state index contributed by atoms with van der Waals surface area (Å²) in [7, 11) is 0. The Morgan fingerprint density at radius 2 is 2.50 bits per heavy atom. The Morgan fingerprint density at radius 3 is 3.00 bits per heavy atom. The lowest BCUT2D eigenvalue weighted by molar-refractivity contribution is 0.0123. The third kappa shape index (κ3) is 2.00. The summed E-state index contributed by atoms with van der Waals surface area (Å²) >= 11 is 1.80. The van der Waals surface area contributed by atoms with Gasteiger partial charge in [0.15, 0.2) is 0 Å². The van der Waals surface area contributed by atoms with Gasteiger partial charge in [0.2, 0.25) is 0 Å². The molecule has 0 aromatic carbocycles. The minimum absolute atomic E-state index is 0.0620. The molecule has 2 rings (SSSR count). The number of rotatable bonds is 3. The van der Waals surface area contributed by atoms with Crippen LogP contribution < -0.4 is 5.73 Å². The van der Waals surface area contributed by atoms with Gasteiger partial charge in [0.25, 0.3) is 0 Å². The molecule has 1 aromatic heterocycles. The van der Waals surface area contributed by atoms with E-state index in [4.69, 9.17) is 10.5 Å². The molecule has 0 amide bonds. The lowest BCUT2D eigenvalue weighted by Crippen LogP contribution is -2.39. The number of ether oxygens (including phenoxy) is 1. The third-order valence-corrected chi connectivity index (χ3v) is 3.78. The van der Waals surface area contributed by atoms with E-state index in [1.54, 1.807) is 11.3 Å². The molecule has 14 heavy (non-hydrogen) atoms. The molecule has 1 fully saturated rings. The zero-order chi connectivity index (χ0) is 10.0. The molecule has 1 unspecified atom stereocenters. The van der Waals surface area contributed by atoms with E-state index in [1.165, 1.54) is 10.4 Å². The average Bonchev–Trinajstić information content (AvgIpc) is 2.77. The lowest BCUT2D eigenvalue weighted by atomic mass is 9.93. The molecule has 78 valence electrons. The Hall–Kier alpha value is -0.380. The van der Waals surface area contributed by atoms with Gasteiger partial charge in [-0.3, -0.25) is 0 Å². The predicted octanol–water partition coefficient (Wildman–Crippen LogP) is 2.11. The normalized spacial score (nSPS) is 27.0. The molecule has 0 aliphatic carbocycles. The molecule has 0 saturated carbocycles. The fraction of sp³-hybridized carbons (Fsp3) is 0.636. The molecule has 1 aliphatic heterocycles. The molecule has 0 spiro atoms. The molecule has 1 aliphatic rings. The number of nitrogens with two attached hydrogens (primary N) is 1. The summed E-state index contributed by atoms with van der Waals surface area (Å²) in [4.78, 5) is 1.37. The first kappa shape index (κ1) is 10.1. The topological polar surface area (TPSA) is 35.2 Å². The van der Waals surface area contributed by atoms with Crippen LogP contribution in [0.4, 0.5) is 0 Å². The molecule has 3 heteroatoms. The van der Waals surface area contributed by atoms with E-state index in [0.717, 1.165) is 25.9 Å². The summed E-state index contributed by atoms with van der Waals surface area (Å²) in [5.74, 6) is 0. The summed E-state index contributed by atoms with van der Waals surface area (Å²) in [6, 6.07) is 2.24. The first-order valence-electron chi connectivity index (χ1n) is 5.12. The van der Waals surface area contributed by atoms with Crippen LogP contribution in [0.1, 0.15) is 23.3 Å². The van der Waals surface area contributed by atoms with Crippen molar-refractivity contribution in [3.8, 4) is 0 Å². The molecule has 0 radical (unpaired) electrons. The fourth-order valence-electron chi connectivity index (χ4n) is 2.09. The molecule has 1 atom stereocenters. The quantitative estimate of drug-likeness (QED) is 0.831. The van der Waals surface area contributed by atoms with E-state index < -0.39 is 0 Å². The van der Waals surface area contributed by atoms with Gasteiger partial charge in [-0.15, -0.1) is 11.3 Å². The second kappa shape index (κ2) is 4.01. The SMILES string of the molecule is Cc1cc(CC2(CN)CCCO2)cs1. The monoisotopic (exact) mass is 211 g/mol. The third-order valence-electron chi connectivity index (χ3n) is 2.87. The molecule has 2 N–H and O–H groups in total. The highest BCUT2D eigenvalue weighted by atomic mass is 32.1. The zero-order valence-electron chi connectivity index (χ0n) is 8.58. The first-order valence-corrected chi connectivity index (χ1v) is 6.00. The molecule has 1 aromatic rings. The molecule has 1 saturated heterocycles. The molecular formula is C11H17NOS. The van der Waals surface area contributed by atoms with Gasteiger partial charge in [0.05, 0.1) is 5.60 Å². The Bertz CT molecular complexity index is 302. The first-order chi connectivity index (χ1) is 6.74. The predicted molar refractivity (Wildman–Crippen MR) is 59.7 cm³/mol. The Morgan fingerprint density at radius 1 is 1.64 bits per heavy atom. The fourth-order valence-corrected chi connectivity index (χ4v) is 2.80. The Balaban J connectivity index is 2.08. The maximum atomic E-state index is 5.80. The zero-order valence-corrected chi connectivity index (χ0v) is 9.40. The van der Waals surface area contributed by atoms with Crippen molar-refractivity contribution in [3.05, 3.63) is 21.9 Å². The maximum absolute atomic E-state index is 5.80. The van der Waals surface area contributed by atoms with E-state index in [2.05, 4.69) is 18.4 Å². The summed E-state index contributed by atoms with van der Waals surface area (Å²) in [5, 5.41) is 2.22. The highest BCUT2D eigenvalue weighted by Gasteiger charge is 2.33. The summed E-state index contributed by atoms with van der Waals surface area (Å²) in [6.45, 7) is 3.65. The van der Waals surface area contributed by atoms with Gasteiger partial charge < -0.3 is 10.5 Å². The Labute approximate surface area is 89.1 Å². The summed E-state index contributed by atoms with van der Waals surface area (Å²) < 4.78 is 5.78. The number of aryl methyl sites for hydroxylation is 1. The minimum Gasteiger partial charge on any atom is -0.373 e. The minimum atomic E-state index is -0.0620. The van der Waals surface area contributed by atoms with Crippen molar-refractivity contribution in [3.63, 3.8) is 0 Å². The van der Waals surface area contributed by atoms with Crippen LogP contribution in [0.5, 0.6) is 0 Å². The highest BCUT2D eigenvalue weighted by molar-refractivity contribution is 7.10. The van der Waals surface area contributed by atoms with Gasteiger partial charge >= 0.3 is 0 Å². The van der Waals surface area contributed by atoms with Crippen LogP contribution in [0.2, 0.25) is 0 Å². The lowest BCUT2D eigenvalue weighted by Gasteiger charge is -2.26. The van der Waals surface area contributed by atoms with Crippen molar-refractivity contribution in [2.75, 3.05) is 13.2 Å². The van der Waals surface area contributed by atoms with Crippen LogP contribution in [0.3, 0.4) is 0 Å². The van der Waals surface area contributed by atoms with Crippen molar-refractivity contribution in [1.29, 1.82) is 0 Å². The second-order valence-corrected chi connectivity index (χ2v) is 5.20. The smallest absolute Gasteiger partial charge is 0.0845 e. The van der Waals surface area contributed by atoms with Crippen LogP contribution in [0, 0.1) is 6.92 Å². The number of thiophene rings is 1. The van der Waals surface area contributed by atoms with Crippen molar-refractivity contribution < 1.29 is 4.74 Å². The van der Waals surface area contributed by atoms with Gasteiger partial charge in [-0.2, -0.15) is 0 Å². The standard InChI is InChI=1S/C11H17NOS/c1-9-5-10(7-14-9)6-11(8-12)3-2-4-13-11/h5,7H,2-4,6,8,12H2,1H3. The van der Waals surface area contributed by atoms with Crippen molar-refractivity contribution in [1.82, 2.24) is 0 Å². The highest BCUT2D eigenvalue weighted by Crippen LogP contribution is 2.29. The maximum Gasteiger partial charge on any atom is 0.0845 e.